The minimum absolute atomic E-state index is 0.112. The molecule has 0 aliphatic carbocycles. The first-order valence-corrected chi connectivity index (χ1v) is 9.56. The van der Waals surface area contributed by atoms with Crippen molar-refractivity contribution < 1.29 is 13.2 Å². The van der Waals surface area contributed by atoms with Crippen LogP contribution in [0.2, 0.25) is 0 Å². The maximum atomic E-state index is 11.2. The smallest absolute Gasteiger partial charge is 0.211 e. The number of rotatable bonds is 12. The number of aliphatic imine (C=N–C) groups is 1. The van der Waals surface area contributed by atoms with Crippen LogP contribution >= 0.6 is 0 Å². The minimum atomic E-state index is -3.10. The van der Waals surface area contributed by atoms with Crippen LogP contribution in [-0.4, -0.2) is 60.0 Å². The highest BCUT2D eigenvalue weighted by Gasteiger charge is 2.04. The molecule has 0 aromatic rings. The summed E-state index contributed by atoms with van der Waals surface area (Å²) in [4.78, 5) is 4.10. The van der Waals surface area contributed by atoms with E-state index >= 15 is 0 Å². The molecule has 0 heterocycles. The molecule has 0 saturated carbocycles. The Bertz CT molecular complexity index is 397. The summed E-state index contributed by atoms with van der Waals surface area (Å²) >= 11 is 0. The molecule has 0 saturated heterocycles. The van der Waals surface area contributed by atoms with Crippen molar-refractivity contribution in [2.45, 2.75) is 33.6 Å². The number of nitrogens with one attached hydrogen (secondary N) is 3. The number of hydrogen-bond donors (Lipinski definition) is 3. The topological polar surface area (TPSA) is 91.8 Å². The molecule has 0 rings (SSSR count). The fourth-order valence-corrected chi connectivity index (χ4v) is 2.17. The zero-order valence-electron chi connectivity index (χ0n) is 14.3. The quantitative estimate of drug-likeness (QED) is 0.275. The fraction of sp³-hybridized carbons (Fsp3) is 0.929. The molecule has 0 aliphatic rings. The first-order chi connectivity index (χ1) is 10.4. The summed E-state index contributed by atoms with van der Waals surface area (Å²) in [6.07, 6.45) is 1.77. The first kappa shape index (κ1) is 21.1. The van der Waals surface area contributed by atoms with E-state index < -0.39 is 10.0 Å². The van der Waals surface area contributed by atoms with E-state index in [-0.39, 0.29) is 5.75 Å². The van der Waals surface area contributed by atoms with E-state index in [0.717, 1.165) is 13.0 Å². The van der Waals surface area contributed by atoms with Gasteiger partial charge in [0.05, 0.1) is 12.4 Å². The highest BCUT2D eigenvalue weighted by molar-refractivity contribution is 7.89. The van der Waals surface area contributed by atoms with Crippen molar-refractivity contribution in [2.75, 3.05) is 45.6 Å². The summed E-state index contributed by atoms with van der Waals surface area (Å²) in [6, 6.07) is 0. The lowest BCUT2D eigenvalue weighted by molar-refractivity contribution is 0.128. The van der Waals surface area contributed by atoms with Gasteiger partial charge in [0.2, 0.25) is 10.0 Å². The second kappa shape index (κ2) is 12.7. The molecule has 0 bridgehead atoms. The van der Waals surface area contributed by atoms with Gasteiger partial charge in [-0.05, 0) is 25.7 Å². The first-order valence-electron chi connectivity index (χ1n) is 7.91. The zero-order chi connectivity index (χ0) is 16.8. The Morgan fingerprint density at radius 1 is 1.14 bits per heavy atom. The molecule has 22 heavy (non-hydrogen) atoms. The number of sulfonamides is 1. The van der Waals surface area contributed by atoms with Gasteiger partial charge in [-0.25, -0.2) is 13.1 Å². The maximum absolute atomic E-state index is 11.2. The maximum Gasteiger partial charge on any atom is 0.211 e. The van der Waals surface area contributed by atoms with Crippen LogP contribution in [0.4, 0.5) is 0 Å². The molecule has 3 N–H and O–H groups in total. The summed E-state index contributed by atoms with van der Waals surface area (Å²) in [5, 5.41) is 6.28. The number of hydrogen-bond acceptors (Lipinski definition) is 4. The number of nitrogens with zero attached hydrogens (tertiary/aromatic N) is 1. The highest BCUT2D eigenvalue weighted by Crippen LogP contribution is 1.98. The van der Waals surface area contributed by atoms with E-state index in [1.165, 1.54) is 0 Å². The number of guanidine groups is 1. The van der Waals surface area contributed by atoms with Crippen LogP contribution in [-0.2, 0) is 14.8 Å². The molecule has 0 atom stereocenters. The van der Waals surface area contributed by atoms with Crippen molar-refractivity contribution in [1.82, 2.24) is 15.4 Å². The van der Waals surface area contributed by atoms with Crippen molar-refractivity contribution in [1.29, 1.82) is 0 Å². The third-order valence-electron chi connectivity index (χ3n) is 2.95. The van der Waals surface area contributed by atoms with Gasteiger partial charge in [-0.1, -0.05) is 13.8 Å². The summed E-state index contributed by atoms with van der Waals surface area (Å²) in [5.74, 6) is 1.47. The standard InChI is InChI=1S/C14H32N4O3S/c1-5-22(19,20)18-9-6-8-16-14(15-4)17-10-12-21-11-7-13(2)3/h13,18H,5-12H2,1-4H3,(H2,15,16,17). The Morgan fingerprint density at radius 3 is 2.41 bits per heavy atom. The molecule has 0 radical (unpaired) electrons. The molecular formula is C14H32N4O3S. The summed E-state index contributed by atoms with van der Waals surface area (Å²) in [6.45, 7) is 9.17. The lowest BCUT2D eigenvalue weighted by atomic mass is 10.1. The van der Waals surface area contributed by atoms with Crippen molar-refractivity contribution >= 4 is 16.0 Å². The molecule has 132 valence electrons. The molecule has 0 amide bonds. The van der Waals surface area contributed by atoms with Crippen molar-refractivity contribution in [2.24, 2.45) is 10.9 Å². The van der Waals surface area contributed by atoms with Gasteiger partial charge in [-0.15, -0.1) is 0 Å². The summed E-state index contributed by atoms with van der Waals surface area (Å²) < 4.78 is 30.5. The average Bonchev–Trinajstić information content (AvgIpc) is 2.47. The van der Waals surface area contributed by atoms with E-state index in [0.29, 0.717) is 44.5 Å². The molecule has 7 nitrogen and oxygen atoms in total. The Kier molecular flexibility index (Phi) is 12.2. The fourth-order valence-electron chi connectivity index (χ4n) is 1.51. The molecule has 0 aromatic heterocycles. The van der Waals surface area contributed by atoms with E-state index in [1.54, 1.807) is 14.0 Å². The second-order valence-corrected chi connectivity index (χ2v) is 7.47. The van der Waals surface area contributed by atoms with Crippen molar-refractivity contribution in [3.63, 3.8) is 0 Å². The predicted molar refractivity (Wildman–Crippen MR) is 91.7 cm³/mol. The van der Waals surface area contributed by atoms with Crippen molar-refractivity contribution in [3.05, 3.63) is 0 Å². The van der Waals surface area contributed by atoms with Gasteiger partial charge in [-0.3, -0.25) is 4.99 Å². The summed E-state index contributed by atoms with van der Waals surface area (Å²) in [5.41, 5.74) is 0. The normalized spacial score (nSPS) is 12.7. The van der Waals surface area contributed by atoms with Gasteiger partial charge in [0.25, 0.3) is 0 Å². The van der Waals surface area contributed by atoms with E-state index in [4.69, 9.17) is 4.74 Å². The predicted octanol–water partition coefficient (Wildman–Crippen LogP) is 0.544. The van der Waals surface area contributed by atoms with Crippen LogP contribution in [0.25, 0.3) is 0 Å². The van der Waals surface area contributed by atoms with Gasteiger partial charge < -0.3 is 15.4 Å². The largest absolute Gasteiger partial charge is 0.380 e. The molecule has 0 unspecified atom stereocenters. The molecule has 0 fully saturated rings. The average molecular weight is 337 g/mol. The van der Waals surface area contributed by atoms with Crippen LogP contribution in [0.5, 0.6) is 0 Å². The third kappa shape index (κ3) is 12.8. The van der Waals surface area contributed by atoms with E-state index in [9.17, 15) is 8.42 Å². The Morgan fingerprint density at radius 2 is 1.82 bits per heavy atom. The highest BCUT2D eigenvalue weighted by atomic mass is 32.2. The lowest BCUT2D eigenvalue weighted by Gasteiger charge is -2.12. The Balaban J connectivity index is 3.60. The SMILES string of the molecule is CCS(=O)(=O)NCCCNC(=NC)NCCOCCC(C)C. The Hall–Kier alpha value is -0.860. The third-order valence-corrected chi connectivity index (χ3v) is 4.35. The van der Waals surface area contributed by atoms with E-state index in [1.807, 2.05) is 0 Å². The van der Waals surface area contributed by atoms with Gasteiger partial charge in [-0.2, -0.15) is 0 Å². The van der Waals surface area contributed by atoms with E-state index in [2.05, 4.69) is 34.2 Å². The van der Waals surface area contributed by atoms with Gasteiger partial charge in [0.1, 0.15) is 0 Å². The monoisotopic (exact) mass is 336 g/mol. The lowest BCUT2D eigenvalue weighted by Crippen LogP contribution is -2.40. The van der Waals surface area contributed by atoms with Gasteiger partial charge >= 0.3 is 0 Å². The second-order valence-electron chi connectivity index (χ2n) is 5.37. The molecule has 0 aromatic carbocycles. The van der Waals surface area contributed by atoms with Gasteiger partial charge in [0, 0.05) is 33.3 Å². The molecule has 0 spiro atoms. The zero-order valence-corrected chi connectivity index (χ0v) is 15.1. The molecule has 8 heteroatoms. The van der Waals surface area contributed by atoms with Crippen LogP contribution in [0.3, 0.4) is 0 Å². The van der Waals surface area contributed by atoms with Crippen LogP contribution in [0.1, 0.15) is 33.6 Å². The van der Waals surface area contributed by atoms with Crippen LogP contribution in [0.15, 0.2) is 4.99 Å². The minimum Gasteiger partial charge on any atom is -0.380 e. The van der Waals surface area contributed by atoms with Crippen molar-refractivity contribution in [3.8, 4) is 0 Å². The van der Waals surface area contributed by atoms with Crippen LogP contribution in [0, 0.1) is 5.92 Å². The summed E-state index contributed by atoms with van der Waals surface area (Å²) in [7, 11) is -1.39. The Labute approximate surface area is 135 Å². The van der Waals surface area contributed by atoms with Gasteiger partial charge in [0.15, 0.2) is 5.96 Å². The molecular weight excluding hydrogens is 304 g/mol. The van der Waals surface area contributed by atoms with Crippen LogP contribution < -0.4 is 15.4 Å². The molecule has 0 aliphatic heterocycles. The number of ether oxygens (including phenoxy) is 1.